The van der Waals surface area contributed by atoms with Gasteiger partial charge < -0.3 is 0 Å². The van der Waals surface area contributed by atoms with Crippen LogP contribution in [0, 0.1) is 5.82 Å². The molecule has 0 atom stereocenters. The zero-order valence-corrected chi connectivity index (χ0v) is 17.3. The van der Waals surface area contributed by atoms with E-state index < -0.39 is 11.4 Å². The number of benzene rings is 3. The molecule has 5 nitrogen and oxygen atoms in total. The fourth-order valence-corrected chi connectivity index (χ4v) is 3.88. The van der Waals surface area contributed by atoms with E-state index in [0.717, 1.165) is 5.69 Å². The number of nitrogens with zero attached hydrogens (tertiary/aromatic N) is 4. The summed E-state index contributed by atoms with van der Waals surface area (Å²) in [7, 11) is 0. The topological polar surface area (TPSA) is 52.7 Å². The minimum absolute atomic E-state index is 0.0955. The van der Waals surface area contributed by atoms with Crippen LogP contribution in [0.1, 0.15) is 0 Å². The summed E-state index contributed by atoms with van der Waals surface area (Å²) in [4.78, 5) is 18.1. The predicted octanol–water partition coefficient (Wildman–Crippen LogP) is 5.68. The van der Waals surface area contributed by atoms with E-state index in [9.17, 15) is 9.18 Å². The lowest BCUT2D eigenvalue weighted by molar-refractivity contribution is 0.629. The second kappa shape index (κ2) is 7.65. The molecule has 0 amide bonds. The van der Waals surface area contributed by atoms with Gasteiger partial charge >= 0.3 is 0 Å². The minimum atomic E-state index is -0.518. The average molecular weight is 451 g/mol. The molecular weight excluding hydrogens is 438 g/mol. The highest BCUT2D eigenvalue weighted by atomic mass is 35.5. The number of halogens is 3. The first-order chi connectivity index (χ1) is 15.0. The monoisotopic (exact) mass is 450 g/mol. The van der Waals surface area contributed by atoms with Crippen molar-refractivity contribution in [2.75, 3.05) is 0 Å². The first-order valence-corrected chi connectivity index (χ1v) is 10.1. The van der Waals surface area contributed by atoms with Gasteiger partial charge in [0.05, 0.1) is 22.0 Å². The third-order valence-electron chi connectivity index (χ3n) is 4.84. The summed E-state index contributed by atoms with van der Waals surface area (Å²) in [5.41, 5.74) is 1.05. The Hall–Kier alpha value is -3.48. The second-order valence-electron chi connectivity index (χ2n) is 6.80. The fourth-order valence-electron chi connectivity index (χ4n) is 3.39. The Morgan fingerprint density at radius 3 is 2.39 bits per heavy atom. The molecule has 0 aliphatic carbocycles. The molecule has 8 heteroatoms. The molecule has 152 valence electrons. The highest BCUT2D eigenvalue weighted by molar-refractivity contribution is 6.35. The van der Waals surface area contributed by atoms with E-state index in [2.05, 4.69) is 10.1 Å². The largest absolute Gasteiger partial charge is 0.269 e. The van der Waals surface area contributed by atoms with Gasteiger partial charge in [0, 0.05) is 11.2 Å². The van der Waals surface area contributed by atoms with E-state index in [4.69, 9.17) is 23.2 Å². The van der Waals surface area contributed by atoms with Crippen molar-refractivity contribution >= 4 is 34.2 Å². The molecule has 5 aromatic rings. The molecule has 2 aromatic heterocycles. The van der Waals surface area contributed by atoms with Crippen molar-refractivity contribution in [1.29, 1.82) is 0 Å². The van der Waals surface area contributed by atoms with Gasteiger partial charge in [-0.05, 0) is 42.5 Å². The van der Waals surface area contributed by atoms with E-state index in [1.165, 1.54) is 16.7 Å². The van der Waals surface area contributed by atoms with E-state index in [0.29, 0.717) is 10.7 Å². The third-order valence-corrected chi connectivity index (χ3v) is 5.38. The van der Waals surface area contributed by atoms with Crippen LogP contribution in [0.4, 0.5) is 4.39 Å². The number of para-hydroxylation sites is 1. The van der Waals surface area contributed by atoms with Gasteiger partial charge in [0.25, 0.3) is 5.56 Å². The minimum Gasteiger partial charge on any atom is -0.268 e. The van der Waals surface area contributed by atoms with Crippen LogP contribution in [0.3, 0.4) is 0 Å². The summed E-state index contributed by atoms with van der Waals surface area (Å²) in [5.74, 6) is -0.423. The van der Waals surface area contributed by atoms with Crippen LogP contribution < -0.4 is 5.56 Å². The Labute approximate surface area is 185 Å². The molecule has 0 fully saturated rings. The van der Waals surface area contributed by atoms with Crippen LogP contribution in [0.2, 0.25) is 10.0 Å². The first-order valence-electron chi connectivity index (χ1n) is 9.31. The Kier molecular flexibility index (Phi) is 4.81. The average Bonchev–Trinajstić information content (AvgIpc) is 3.20. The maximum absolute atomic E-state index is 14.7. The van der Waals surface area contributed by atoms with E-state index in [1.54, 1.807) is 41.2 Å². The van der Waals surface area contributed by atoms with Crippen molar-refractivity contribution in [3.8, 4) is 22.8 Å². The van der Waals surface area contributed by atoms with Gasteiger partial charge in [0.15, 0.2) is 11.5 Å². The number of hydrogen-bond acceptors (Lipinski definition) is 3. The van der Waals surface area contributed by atoms with Crippen molar-refractivity contribution in [2.24, 2.45) is 0 Å². The summed E-state index contributed by atoms with van der Waals surface area (Å²) < 4.78 is 17.6. The summed E-state index contributed by atoms with van der Waals surface area (Å²) in [6, 6.07) is 20.2. The molecule has 31 heavy (non-hydrogen) atoms. The smallest absolute Gasteiger partial charge is 0.268 e. The maximum Gasteiger partial charge on any atom is 0.269 e. The van der Waals surface area contributed by atoms with Crippen LogP contribution in [-0.4, -0.2) is 19.3 Å². The van der Waals surface area contributed by atoms with Crippen LogP contribution in [0.15, 0.2) is 83.8 Å². The zero-order chi connectivity index (χ0) is 21.5. The summed E-state index contributed by atoms with van der Waals surface area (Å²) in [6.07, 6.45) is 1.60. The van der Waals surface area contributed by atoms with Crippen LogP contribution >= 0.6 is 23.2 Å². The molecule has 0 saturated carbocycles. The van der Waals surface area contributed by atoms with Crippen molar-refractivity contribution in [3.05, 3.63) is 105 Å². The van der Waals surface area contributed by atoms with E-state index >= 15 is 0 Å². The van der Waals surface area contributed by atoms with E-state index in [-0.39, 0.29) is 27.4 Å². The van der Waals surface area contributed by atoms with Crippen molar-refractivity contribution in [1.82, 2.24) is 19.3 Å². The van der Waals surface area contributed by atoms with Gasteiger partial charge in [-0.25, -0.2) is 14.1 Å². The fraction of sp³-hybridized carbons (Fsp3) is 0. The number of hydrogen-bond donors (Lipinski definition) is 0. The predicted molar refractivity (Wildman–Crippen MR) is 120 cm³/mol. The highest BCUT2D eigenvalue weighted by Gasteiger charge is 2.21. The molecule has 5 rings (SSSR count). The molecule has 0 radical (unpaired) electrons. The second-order valence-corrected chi connectivity index (χ2v) is 7.64. The Morgan fingerprint density at radius 2 is 1.65 bits per heavy atom. The molecule has 0 spiro atoms. The number of fused-ring (bicyclic) bond motifs is 1. The third kappa shape index (κ3) is 3.40. The lowest BCUT2D eigenvalue weighted by atomic mass is 10.1. The van der Waals surface area contributed by atoms with Crippen LogP contribution in [0.5, 0.6) is 0 Å². The van der Waals surface area contributed by atoms with Gasteiger partial charge in [0.1, 0.15) is 11.2 Å². The first kappa shape index (κ1) is 19.5. The molecule has 3 aromatic carbocycles. The molecular formula is C23H13Cl2FN4O. The lowest BCUT2D eigenvalue weighted by Crippen LogP contribution is -2.22. The van der Waals surface area contributed by atoms with Gasteiger partial charge in [-0.15, -0.1) is 5.10 Å². The van der Waals surface area contributed by atoms with Crippen LogP contribution in [0.25, 0.3) is 33.8 Å². The van der Waals surface area contributed by atoms with Crippen LogP contribution in [-0.2, 0) is 0 Å². The van der Waals surface area contributed by atoms with Gasteiger partial charge in [0.2, 0.25) is 0 Å². The lowest BCUT2D eigenvalue weighted by Gasteiger charge is -2.14. The Bertz CT molecular complexity index is 1500. The van der Waals surface area contributed by atoms with Crippen molar-refractivity contribution < 1.29 is 4.39 Å². The molecule has 0 unspecified atom stereocenters. The molecule has 0 aliphatic rings. The zero-order valence-electron chi connectivity index (χ0n) is 15.8. The molecule has 2 heterocycles. The molecule has 0 N–H and O–H groups in total. The normalized spacial score (nSPS) is 11.2. The van der Waals surface area contributed by atoms with Crippen molar-refractivity contribution in [2.45, 2.75) is 0 Å². The molecule has 0 bridgehead atoms. The Balaban J connectivity index is 1.87. The summed E-state index contributed by atoms with van der Waals surface area (Å²) in [5, 5.41) is 5.38. The van der Waals surface area contributed by atoms with Gasteiger partial charge in [-0.3, -0.25) is 9.36 Å². The highest BCUT2D eigenvalue weighted by Crippen LogP contribution is 2.29. The van der Waals surface area contributed by atoms with E-state index in [1.807, 2.05) is 30.3 Å². The molecule has 0 saturated heterocycles. The Morgan fingerprint density at radius 1 is 0.903 bits per heavy atom. The standard InChI is InChI=1S/C23H13Cl2FN4O/c24-14-10-11-20(18(25)12-14)30-22(16-8-4-5-9-19(16)26)27-21-17(23(30)31)13-29(28-21)15-6-2-1-3-7-15/h1-13H. The number of rotatable bonds is 3. The SMILES string of the molecule is O=c1c2cn(-c3ccccc3)nc2nc(-c2ccccc2F)n1-c1ccc(Cl)cc1Cl. The summed E-state index contributed by atoms with van der Waals surface area (Å²) in [6.45, 7) is 0. The maximum atomic E-state index is 14.7. The van der Waals surface area contributed by atoms with Gasteiger partial charge in [-0.2, -0.15) is 0 Å². The number of aromatic nitrogens is 4. The quantitative estimate of drug-likeness (QED) is 0.355. The summed E-state index contributed by atoms with van der Waals surface area (Å²) >= 11 is 12.4. The van der Waals surface area contributed by atoms with Crippen molar-refractivity contribution in [3.63, 3.8) is 0 Å². The van der Waals surface area contributed by atoms with Gasteiger partial charge in [-0.1, -0.05) is 53.5 Å². The molecule has 0 aliphatic heterocycles.